The molecule has 0 bridgehead atoms. The SMILES string of the molecule is NCCC1CCCCN1Cc1ncon1. The molecule has 1 unspecified atom stereocenters. The zero-order chi connectivity index (χ0) is 10.5. The molecule has 0 amide bonds. The number of rotatable bonds is 4. The van der Waals surface area contributed by atoms with Crippen molar-refractivity contribution >= 4 is 0 Å². The minimum absolute atomic E-state index is 0.599. The first kappa shape index (κ1) is 10.6. The molecular formula is C10H18N4O. The molecule has 1 aliphatic heterocycles. The highest BCUT2D eigenvalue weighted by atomic mass is 16.5. The quantitative estimate of drug-likeness (QED) is 0.795. The van der Waals surface area contributed by atoms with Crippen LogP contribution < -0.4 is 5.73 Å². The Balaban J connectivity index is 1.92. The van der Waals surface area contributed by atoms with Crippen molar-refractivity contribution in [3.63, 3.8) is 0 Å². The van der Waals surface area contributed by atoms with E-state index >= 15 is 0 Å². The van der Waals surface area contributed by atoms with E-state index in [0.717, 1.165) is 31.9 Å². The van der Waals surface area contributed by atoms with Gasteiger partial charge in [0.25, 0.3) is 0 Å². The van der Waals surface area contributed by atoms with Crippen LogP contribution in [0.2, 0.25) is 0 Å². The number of hydrogen-bond acceptors (Lipinski definition) is 5. The Morgan fingerprint density at radius 2 is 2.47 bits per heavy atom. The van der Waals surface area contributed by atoms with Gasteiger partial charge in [-0.05, 0) is 32.4 Å². The molecule has 0 saturated carbocycles. The summed E-state index contributed by atoms with van der Waals surface area (Å²) >= 11 is 0. The van der Waals surface area contributed by atoms with E-state index < -0.39 is 0 Å². The molecule has 1 fully saturated rings. The van der Waals surface area contributed by atoms with Crippen LogP contribution in [0.3, 0.4) is 0 Å². The van der Waals surface area contributed by atoms with Crippen LogP contribution in [0.25, 0.3) is 0 Å². The lowest BCUT2D eigenvalue weighted by molar-refractivity contribution is 0.129. The van der Waals surface area contributed by atoms with Gasteiger partial charge in [0.1, 0.15) is 0 Å². The second-order valence-electron chi connectivity index (χ2n) is 4.04. The molecule has 1 saturated heterocycles. The summed E-state index contributed by atoms with van der Waals surface area (Å²) in [5.41, 5.74) is 5.62. The summed E-state index contributed by atoms with van der Waals surface area (Å²) < 4.78 is 4.74. The molecule has 1 aliphatic rings. The Kier molecular flexibility index (Phi) is 3.69. The lowest BCUT2D eigenvalue weighted by Crippen LogP contribution is -2.40. The Labute approximate surface area is 89.6 Å². The normalized spacial score (nSPS) is 23.1. The van der Waals surface area contributed by atoms with Gasteiger partial charge < -0.3 is 10.3 Å². The van der Waals surface area contributed by atoms with Crippen molar-refractivity contribution in [1.29, 1.82) is 0 Å². The molecule has 2 N–H and O–H groups in total. The van der Waals surface area contributed by atoms with Crippen LogP contribution in [0.1, 0.15) is 31.5 Å². The predicted molar refractivity (Wildman–Crippen MR) is 56.0 cm³/mol. The molecule has 1 aromatic heterocycles. The smallest absolute Gasteiger partial charge is 0.213 e. The molecule has 0 radical (unpaired) electrons. The molecule has 15 heavy (non-hydrogen) atoms. The third-order valence-corrected chi connectivity index (χ3v) is 3.00. The van der Waals surface area contributed by atoms with Crippen molar-refractivity contribution in [3.8, 4) is 0 Å². The predicted octanol–water partition coefficient (Wildman–Crippen LogP) is 0.773. The van der Waals surface area contributed by atoms with E-state index in [0.29, 0.717) is 6.04 Å². The van der Waals surface area contributed by atoms with E-state index in [2.05, 4.69) is 15.0 Å². The molecule has 0 aromatic carbocycles. The van der Waals surface area contributed by atoms with Gasteiger partial charge in [-0.25, -0.2) is 0 Å². The van der Waals surface area contributed by atoms with Crippen molar-refractivity contribution in [3.05, 3.63) is 12.2 Å². The van der Waals surface area contributed by atoms with E-state index in [1.807, 2.05) is 0 Å². The Morgan fingerprint density at radius 3 is 3.20 bits per heavy atom. The molecule has 2 rings (SSSR count). The van der Waals surface area contributed by atoms with Crippen LogP contribution in [-0.4, -0.2) is 34.2 Å². The summed E-state index contributed by atoms with van der Waals surface area (Å²) in [7, 11) is 0. The molecule has 1 atom stereocenters. The Bertz CT molecular complexity index is 273. The average Bonchev–Trinajstić information content (AvgIpc) is 2.74. The fourth-order valence-corrected chi connectivity index (χ4v) is 2.23. The first-order valence-electron chi connectivity index (χ1n) is 5.59. The fraction of sp³-hybridized carbons (Fsp3) is 0.800. The average molecular weight is 210 g/mol. The van der Waals surface area contributed by atoms with Gasteiger partial charge in [-0.1, -0.05) is 11.6 Å². The third kappa shape index (κ3) is 2.76. The topological polar surface area (TPSA) is 68.2 Å². The monoisotopic (exact) mass is 210 g/mol. The second kappa shape index (κ2) is 5.23. The standard InChI is InChI=1S/C10H18N4O/c11-5-4-9-3-1-2-6-14(9)7-10-12-8-15-13-10/h8-9H,1-7,11H2. The fourth-order valence-electron chi connectivity index (χ4n) is 2.23. The van der Waals surface area contributed by atoms with Gasteiger partial charge >= 0.3 is 0 Å². The highest BCUT2D eigenvalue weighted by Gasteiger charge is 2.22. The first-order chi connectivity index (χ1) is 7.40. The van der Waals surface area contributed by atoms with Crippen molar-refractivity contribution in [2.75, 3.05) is 13.1 Å². The summed E-state index contributed by atoms with van der Waals surface area (Å²) in [5.74, 6) is 0.777. The lowest BCUT2D eigenvalue weighted by Gasteiger charge is -2.34. The summed E-state index contributed by atoms with van der Waals surface area (Å²) in [6, 6.07) is 0.599. The van der Waals surface area contributed by atoms with Crippen LogP contribution in [0.15, 0.2) is 10.9 Å². The molecule has 84 valence electrons. The zero-order valence-corrected chi connectivity index (χ0v) is 8.93. The van der Waals surface area contributed by atoms with Gasteiger partial charge in [-0.2, -0.15) is 4.98 Å². The molecule has 1 aromatic rings. The van der Waals surface area contributed by atoms with E-state index in [1.165, 1.54) is 25.7 Å². The second-order valence-corrected chi connectivity index (χ2v) is 4.04. The third-order valence-electron chi connectivity index (χ3n) is 3.00. The maximum absolute atomic E-state index is 5.62. The maximum Gasteiger partial charge on any atom is 0.213 e. The molecular weight excluding hydrogens is 192 g/mol. The number of aromatic nitrogens is 2. The van der Waals surface area contributed by atoms with Gasteiger partial charge in [0.15, 0.2) is 5.82 Å². The van der Waals surface area contributed by atoms with Crippen LogP contribution in [0, 0.1) is 0 Å². The molecule has 5 nitrogen and oxygen atoms in total. The highest BCUT2D eigenvalue weighted by molar-refractivity contribution is 4.84. The highest BCUT2D eigenvalue weighted by Crippen LogP contribution is 2.20. The van der Waals surface area contributed by atoms with E-state index in [4.69, 9.17) is 10.3 Å². The Hall–Kier alpha value is -0.940. The zero-order valence-electron chi connectivity index (χ0n) is 8.93. The minimum Gasteiger partial charge on any atom is -0.343 e. The van der Waals surface area contributed by atoms with E-state index in [1.54, 1.807) is 0 Å². The van der Waals surface area contributed by atoms with E-state index in [-0.39, 0.29) is 0 Å². The lowest BCUT2D eigenvalue weighted by atomic mass is 9.99. The number of hydrogen-bond donors (Lipinski definition) is 1. The van der Waals surface area contributed by atoms with Crippen molar-refractivity contribution in [2.24, 2.45) is 5.73 Å². The largest absolute Gasteiger partial charge is 0.343 e. The van der Waals surface area contributed by atoms with Gasteiger partial charge in [0, 0.05) is 6.04 Å². The van der Waals surface area contributed by atoms with Crippen molar-refractivity contribution in [1.82, 2.24) is 15.0 Å². The van der Waals surface area contributed by atoms with Gasteiger partial charge in [-0.3, -0.25) is 4.90 Å². The van der Waals surface area contributed by atoms with Gasteiger partial charge in [0.05, 0.1) is 6.54 Å². The number of piperidine rings is 1. The summed E-state index contributed by atoms with van der Waals surface area (Å²) in [5, 5.41) is 3.85. The van der Waals surface area contributed by atoms with E-state index in [9.17, 15) is 0 Å². The molecule has 5 heteroatoms. The minimum atomic E-state index is 0.599. The number of nitrogens with two attached hydrogens (primary N) is 1. The number of nitrogens with zero attached hydrogens (tertiary/aromatic N) is 3. The van der Waals surface area contributed by atoms with Crippen LogP contribution in [-0.2, 0) is 6.54 Å². The van der Waals surface area contributed by atoms with Crippen LogP contribution in [0.5, 0.6) is 0 Å². The van der Waals surface area contributed by atoms with Gasteiger partial charge in [0.2, 0.25) is 6.39 Å². The van der Waals surface area contributed by atoms with Crippen molar-refractivity contribution < 1.29 is 4.52 Å². The Morgan fingerprint density at radius 1 is 1.53 bits per heavy atom. The number of likely N-dealkylation sites (tertiary alicyclic amines) is 1. The summed E-state index contributed by atoms with van der Waals surface area (Å²) in [6.07, 6.45) is 6.27. The molecule has 0 aliphatic carbocycles. The maximum atomic E-state index is 5.62. The van der Waals surface area contributed by atoms with Crippen LogP contribution in [0.4, 0.5) is 0 Å². The van der Waals surface area contributed by atoms with Crippen LogP contribution >= 0.6 is 0 Å². The summed E-state index contributed by atoms with van der Waals surface area (Å²) in [6.45, 7) is 2.67. The first-order valence-corrected chi connectivity index (χ1v) is 5.59. The molecule has 0 spiro atoms. The molecule has 2 heterocycles. The van der Waals surface area contributed by atoms with Gasteiger partial charge in [-0.15, -0.1) is 0 Å². The van der Waals surface area contributed by atoms with Crippen molar-refractivity contribution in [2.45, 2.75) is 38.3 Å². The summed E-state index contributed by atoms with van der Waals surface area (Å²) in [4.78, 5) is 6.47.